The fourth-order valence-corrected chi connectivity index (χ4v) is 3.35. The highest BCUT2D eigenvalue weighted by molar-refractivity contribution is 6.05. The van der Waals surface area contributed by atoms with Crippen LogP contribution >= 0.6 is 0 Å². The molecule has 0 saturated heterocycles. The maximum absolute atomic E-state index is 12.2. The molecular weight excluding hydrogens is 276 g/mol. The van der Waals surface area contributed by atoms with Crippen LogP contribution < -0.4 is 5.43 Å². The largest absolute Gasteiger partial charge is 0.299 e. The minimum absolute atomic E-state index is 0.0130. The van der Waals surface area contributed by atoms with Crippen molar-refractivity contribution in [2.75, 3.05) is 0 Å². The van der Waals surface area contributed by atoms with Crippen molar-refractivity contribution < 1.29 is 9.59 Å². The first-order valence-corrected chi connectivity index (χ1v) is 7.86. The number of benzene rings is 1. The minimum Gasteiger partial charge on any atom is -0.299 e. The number of ketones is 1. The van der Waals surface area contributed by atoms with Crippen LogP contribution in [0.25, 0.3) is 0 Å². The molecule has 4 nitrogen and oxygen atoms in total. The summed E-state index contributed by atoms with van der Waals surface area (Å²) in [6.07, 6.45) is 2.62. The van der Waals surface area contributed by atoms with Gasteiger partial charge in [0, 0.05) is 24.5 Å². The lowest BCUT2D eigenvalue weighted by molar-refractivity contribution is -0.123. The van der Waals surface area contributed by atoms with E-state index in [1.807, 2.05) is 18.2 Å². The molecule has 2 saturated carbocycles. The molecular formula is C18H22N2O2. The van der Waals surface area contributed by atoms with Crippen LogP contribution in [0.5, 0.6) is 0 Å². The van der Waals surface area contributed by atoms with Crippen molar-refractivity contribution >= 4 is 17.4 Å². The topological polar surface area (TPSA) is 58.5 Å². The fraction of sp³-hybridized carbons (Fsp3) is 0.500. The molecule has 0 unspecified atom stereocenters. The van der Waals surface area contributed by atoms with Crippen LogP contribution in [0, 0.1) is 11.3 Å². The molecule has 1 amide bonds. The lowest BCUT2D eigenvalue weighted by atomic mass is 9.76. The SMILES string of the molecule is CC1(C)CC(=O)C/C(=N/NC(=O)[C@H]2C[C@@H]2c2ccccc2)C1. The summed E-state index contributed by atoms with van der Waals surface area (Å²) in [4.78, 5) is 23.9. The van der Waals surface area contributed by atoms with E-state index < -0.39 is 0 Å². The van der Waals surface area contributed by atoms with Crippen LogP contribution in [0.15, 0.2) is 35.4 Å². The normalized spacial score (nSPS) is 28.5. The van der Waals surface area contributed by atoms with Crippen molar-refractivity contribution in [1.29, 1.82) is 0 Å². The number of hydrazone groups is 1. The molecule has 4 heteroatoms. The van der Waals surface area contributed by atoms with Crippen molar-refractivity contribution in [2.24, 2.45) is 16.4 Å². The molecule has 1 N–H and O–H groups in total. The monoisotopic (exact) mass is 298 g/mol. The van der Waals surface area contributed by atoms with Gasteiger partial charge < -0.3 is 0 Å². The second-order valence-corrected chi connectivity index (χ2v) is 7.25. The fourth-order valence-electron chi connectivity index (χ4n) is 3.35. The van der Waals surface area contributed by atoms with Crippen LogP contribution in [0.3, 0.4) is 0 Å². The van der Waals surface area contributed by atoms with Gasteiger partial charge in [-0.05, 0) is 29.7 Å². The first kappa shape index (κ1) is 14.9. The Morgan fingerprint density at radius 3 is 2.64 bits per heavy atom. The lowest BCUT2D eigenvalue weighted by Gasteiger charge is -2.29. The number of amides is 1. The van der Waals surface area contributed by atoms with Gasteiger partial charge in [0.05, 0.1) is 0 Å². The van der Waals surface area contributed by atoms with Gasteiger partial charge in [0.15, 0.2) is 0 Å². The van der Waals surface area contributed by atoms with Crippen LogP contribution in [0.4, 0.5) is 0 Å². The van der Waals surface area contributed by atoms with Crippen molar-refractivity contribution in [2.45, 2.75) is 45.4 Å². The average molecular weight is 298 g/mol. The molecule has 2 aliphatic rings. The summed E-state index contributed by atoms with van der Waals surface area (Å²) in [5, 5.41) is 4.21. The summed E-state index contributed by atoms with van der Waals surface area (Å²) in [6.45, 7) is 4.13. The van der Waals surface area contributed by atoms with E-state index in [2.05, 4.69) is 36.5 Å². The number of hydrogen-bond acceptors (Lipinski definition) is 3. The highest BCUT2D eigenvalue weighted by Gasteiger charge is 2.44. The second-order valence-electron chi connectivity index (χ2n) is 7.25. The van der Waals surface area contributed by atoms with Crippen LogP contribution in [-0.4, -0.2) is 17.4 Å². The number of Topliss-reactive ketones (excluding diaryl/α,β-unsaturated/α-hetero) is 1. The molecule has 0 spiro atoms. The Bertz CT molecular complexity index is 619. The minimum atomic E-state index is -0.0505. The highest BCUT2D eigenvalue weighted by atomic mass is 16.2. The van der Waals surface area contributed by atoms with Gasteiger partial charge in [-0.3, -0.25) is 9.59 Å². The number of hydrogen-bond donors (Lipinski definition) is 1. The molecule has 0 bridgehead atoms. The molecule has 1 aromatic rings. The smallest absolute Gasteiger partial charge is 0.243 e. The molecule has 1 aromatic carbocycles. The number of carbonyl (C=O) groups is 2. The van der Waals surface area contributed by atoms with Gasteiger partial charge in [0.1, 0.15) is 5.78 Å². The van der Waals surface area contributed by atoms with E-state index in [0.717, 1.165) is 18.6 Å². The Hall–Kier alpha value is -1.97. The lowest BCUT2D eigenvalue weighted by Crippen LogP contribution is -2.31. The van der Waals surface area contributed by atoms with Crippen LogP contribution in [-0.2, 0) is 9.59 Å². The molecule has 0 heterocycles. The van der Waals surface area contributed by atoms with Gasteiger partial charge in [-0.15, -0.1) is 0 Å². The summed E-state index contributed by atoms with van der Waals surface area (Å²) in [5.41, 5.74) is 4.63. The molecule has 116 valence electrons. The van der Waals surface area contributed by atoms with Gasteiger partial charge >= 0.3 is 0 Å². The van der Waals surface area contributed by atoms with Crippen molar-refractivity contribution in [1.82, 2.24) is 5.43 Å². The number of rotatable bonds is 3. The molecule has 3 rings (SSSR count). The summed E-state index contributed by atoms with van der Waals surface area (Å²) >= 11 is 0. The Morgan fingerprint density at radius 1 is 1.23 bits per heavy atom. The van der Waals surface area contributed by atoms with Crippen LogP contribution in [0.1, 0.15) is 51.0 Å². The van der Waals surface area contributed by atoms with E-state index in [9.17, 15) is 9.59 Å². The molecule has 2 aliphatic carbocycles. The molecule has 0 radical (unpaired) electrons. The zero-order valence-electron chi connectivity index (χ0n) is 13.1. The number of carbonyl (C=O) groups excluding carboxylic acids is 2. The number of nitrogens with zero attached hydrogens (tertiary/aromatic N) is 1. The summed E-state index contributed by atoms with van der Waals surface area (Å²) < 4.78 is 0. The summed E-state index contributed by atoms with van der Waals surface area (Å²) in [6, 6.07) is 10.1. The zero-order chi connectivity index (χ0) is 15.7. The van der Waals surface area contributed by atoms with Crippen molar-refractivity contribution in [3.05, 3.63) is 35.9 Å². The van der Waals surface area contributed by atoms with E-state index in [4.69, 9.17) is 0 Å². The van der Waals surface area contributed by atoms with Gasteiger partial charge in [-0.1, -0.05) is 44.2 Å². The van der Waals surface area contributed by atoms with Crippen molar-refractivity contribution in [3.63, 3.8) is 0 Å². The first-order chi connectivity index (χ1) is 10.4. The number of nitrogens with one attached hydrogen (secondary N) is 1. The maximum Gasteiger partial charge on any atom is 0.243 e. The Kier molecular flexibility index (Phi) is 3.85. The highest BCUT2D eigenvalue weighted by Crippen LogP contribution is 2.47. The predicted octanol–water partition coefficient (Wildman–Crippen LogP) is 3.04. The average Bonchev–Trinajstić information content (AvgIpc) is 3.24. The van der Waals surface area contributed by atoms with Gasteiger partial charge in [0.2, 0.25) is 5.91 Å². The van der Waals surface area contributed by atoms with Crippen LogP contribution in [0.2, 0.25) is 0 Å². The quantitative estimate of drug-likeness (QED) is 0.872. The Labute approximate surface area is 131 Å². The van der Waals surface area contributed by atoms with E-state index in [1.54, 1.807) is 0 Å². The van der Waals surface area contributed by atoms with Gasteiger partial charge in [0.25, 0.3) is 0 Å². The third kappa shape index (κ3) is 3.43. The predicted molar refractivity (Wildman–Crippen MR) is 85.5 cm³/mol. The van der Waals surface area contributed by atoms with E-state index in [0.29, 0.717) is 18.8 Å². The standard InChI is InChI=1S/C18H22N2O2/c1-18(2)10-13(8-14(21)11-18)19-20-17(22)16-9-15(16)12-6-4-3-5-7-12/h3-7,15-16H,8-11H2,1-2H3,(H,20,22)/b19-13-/t15-,16+/m1/s1. The summed E-state index contributed by atoms with van der Waals surface area (Å²) in [7, 11) is 0. The molecule has 2 fully saturated rings. The molecule has 0 aliphatic heterocycles. The molecule has 0 aromatic heterocycles. The Balaban J connectivity index is 1.57. The maximum atomic E-state index is 12.2. The van der Waals surface area contributed by atoms with E-state index in [1.165, 1.54) is 5.56 Å². The molecule has 2 atom stereocenters. The third-order valence-electron chi connectivity index (χ3n) is 4.44. The second kappa shape index (κ2) is 5.67. The van der Waals surface area contributed by atoms with E-state index >= 15 is 0 Å². The molecule has 22 heavy (non-hydrogen) atoms. The van der Waals surface area contributed by atoms with Gasteiger partial charge in [-0.25, -0.2) is 5.43 Å². The first-order valence-electron chi connectivity index (χ1n) is 7.86. The van der Waals surface area contributed by atoms with E-state index in [-0.39, 0.29) is 23.0 Å². The van der Waals surface area contributed by atoms with Crippen molar-refractivity contribution in [3.8, 4) is 0 Å². The Morgan fingerprint density at radius 2 is 1.95 bits per heavy atom. The van der Waals surface area contributed by atoms with Gasteiger partial charge in [-0.2, -0.15) is 5.10 Å². The summed E-state index contributed by atoms with van der Waals surface area (Å²) in [5.74, 6) is 0.500. The zero-order valence-corrected chi connectivity index (χ0v) is 13.1. The third-order valence-corrected chi connectivity index (χ3v) is 4.44.